The van der Waals surface area contributed by atoms with E-state index in [1.165, 1.54) is 19.3 Å². The van der Waals surface area contributed by atoms with Crippen molar-refractivity contribution in [1.82, 2.24) is 0 Å². The lowest BCUT2D eigenvalue weighted by Gasteiger charge is -2.33. The largest absolute Gasteiger partial charge is 0.368 e. The van der Waals surface area contributed by atoms with Crippen molar-refractivity contribution in [2.24, 2.45) is 23.3 Å². The van der Waals surface area contributed by atoms with Crippen LogP contribution >= 0.6 is 0 Å². The molecule has 3 heteroatoms. The van der Waals surface area contributed by atoms with E-state index in [4.69, 9.17) is 11.5 Å². The quantitative estimate of drug-likeness (QED) is 0.687. The molecule has 0 aromatic heterocycles. The Bertz CT molecular complexity index is 182. The van der Waals surface area contributed by atoms with Crippen LogP contribution in [0.2, 0.25) is 0 Å². The van der Waals surface area contributed by atoms with Gasteiger partial charge in [-0.1, -0.05) is 32.6 Å². The summed E-state index contributed by atoms with van der Waals surface area (Å²) in [5.41, 5.74) is 11.0. The molecule has 4 N–H and O–H groups in total. The number of hydrogen-bond acceptors (Lipinski definition) is 2. The molecular weight excluding hydrogens is 164 g/mol. The van der Waals surface area contributed by atoms with Crippen molar-refractivity contribution in [1.29, 1.82) is 0 Å². The Balaban J connectivity index is 2.58. The second-order valence-electron chi connectivity index (χ2n) is 4.04. The van der Waals surface area contributed by atoms with Crippen LogP contribution in [-0.4, -0.2) is 11.9 Å². The zero-order chi connectivity index (χ0) is 9.84. The predicted molar refractivity (Wildman–Crippen MR) is 52.9 cm³/mol. The molecule has 0 radical (unpaired) electrons. The van der Waals surface area contributed by atoms with Gasteiger partial charge in [-0.25, -0.2) is 0 Å². The Morgan fingerprint density at radius 2 is 2.08 bits per heavy atom. The predicted octanol–water partition coefficient (Wildman–Crippen LogP) is 1.02. The summed E-state index contributed by atoms with van der Waals surface area (Å²) < 4.78 is 0. The first-order valence-corrected chi connectivity index (χ1v) is 5.21. The summed E-state index contributed by atoms with van der Waals surface area (Å²) >= 11 is 0. The van der Waals surface area contributed by atoms with Crippen LogP contribution in [0.1, 0.15) is 39.0 Å². The van der Waals surface area contributed by atoms with E-state index in [2.05, 4.69) is 6.92 Å². The van der Waals surface area contributed by atoms with Crippen LogP contribution in [0, 0.1) is 11.8 Å². The smallest absolute Gasteiger partial charge is 0.234 e. The molecule has 1 aliphatic rings. The normalized spacial score (nSPS) is 31.2. The Labute approximate surface area is 79.9 Å². The van der Waals surface area contributed by atoms with E-state index >= 15 is 0 Å². The topological polar surface area (TPSA) is 69.1 Å². The maximum atomic E-state index is 11.0. The highest BCUT2D eigenvalue weighted by Gasteiger charge is 2.31. The molecule has 1 rings (SSSR count). The molecule has 0 aromatic carbocycles. The molecule has 0 spiro atoms. The van der Waals surface area contributed by atoms with Gasteiger partial charge in [0, 0.05) is 0 Å². The Morgan fingerprint density at radius 3 is 2.62 bits per heavy atom. The fourth-order valence-corrected chi connectivity index (χ4v) is 2.43. The molecule has 1 amide bonds. The van der Waals surface area contributed by atoms with Gasteiger partial charge >= 0.3 is 0 Å². The molecule has 0 heterocycles. The molecule has 3 unspecified atom stereocenters. The lowest BCUT2D eigenvalue weighted by atomic mass is 9.74. The van der Waals surface area contributed by atoms with Gasteiger partial charge in [-0.2, -0.15) is 0 Å². The summed E-state index contributed by atoms with van der Waals surface area (Å²) in [6.07, 6.45) is 5.87. The number of nitrogens with two attached hydrogens (primary N) is 2. The zero-order valence-electron chi connectivity index (χ0n) is 8.33. The number of rotatable bonds is 3. The summed E-state index contributed by atoms with van der Waals surface area (Å²) in [6.45, 7) is 2.16. The molecule has 76 valence electrons. The number of carbonyl (C=O) groups is 1. The summed E-state index contributed by atoms with van der Waals surface area (Å²) in [5, 5.41) is 0. The molecule has 1 saturated carbocycles. The molecule has 0 aliphatic heterocycles. The van der Waals surface area contributed by atoms with Gasteiger partial charge in [0.15, 0.2) is 0 Å². The molecular formula is C10H20N2O. The molecule has 3 nitrogen and oxygen atoms in total. The van der Waals surface area contributed by atoms with Gasteiger partial charge in [0.2, 0.25) is 5.91 Å². The lowest BCUT2D eigenvalue weighted by molar-refractivity contribution is -0.121. The van der Waals surface area contributed by atoms with Gasteiger partial charge < -0.3 is 11.5 Å². The van der Waals surface area contributed by atoms with E-state index < -0.39 is 6.04 Å². The molecule has 0 saturated heterocycles. The van der Waals surface area contributed by atoms with Crippen LogP contribution < -0.4 is 11.5 Å². The van der Waals surface area contributed by atoms with Crippen LogP contribution in [0.25, 0.3) is 0 Å². The van der Waals surface area contributed by atoms with Crippen LogP contribution in [0.4, 0.5) is 0 Å². The highest BCUT2D eigenvalue weighted by atomic mass is 16.1. The van der Waals surface area contributed by atoms with Crippen LogP contribution in [0.5, 0.6) is 0 Å². The van der Waals surface area contributed by atoms with Gasteiger partial charge in [0.05, 0.1) is 6.04 Å². The number of primary amides is 1. The molecule has 0 bridgehead atoms. The van der Waals surface area contributed by atoms with E-state index in [1.54, 1.807) is 0 Å². The van der Waals surface area contributed by atoms with E-state index in [1.807, 2.05) is 0 Å². The van der Waals surface area contributed by atoms with Crippen molar-refractivity contribution in [3.63, 3.8) is 0 Å². The van der Waals surface area contributed by atoms with E-state index in [0.717, 1.165) is 12.8 Å². The summed E-state index contributed by atoms with van der Waals surface area (Å²) in [7, 11) is 0. The van der Waals surface area contributed by atoms with E-state index in [0.29, 0.717) is 11.8 Å². The SMILES string of the molecule is CCC1CCCCC1C(N)C(N)=O. The molecule has 13 heavy (non-hydrogen) atoms. The van der Waals surface area contributed by atoms with Crippen molar-refractivity contribution >= 4 is 5.91 Å². The summed E-state index contributed by atoms with van der Waals surface area (Å²) in [6, 6.07) is -0.426. The minimum atomic E-state index is -0.426. The third-order valence-electron chi connectivity index (χ3n) is 3.28. The van der Waals surface area contributed by atoms with Crippen molar-refractivity contribution in [2.45, 2.75) is 45.1 Å². The van der Waals surface area contributed by atoms with Crippen molar-refractivity contribution in [3.05, 3.63) is 0 Å². The monoisotopic (exact) mass is 184 g/mol. The highest BCUT2D eigenvalue weighted by Crippen LogP contribution is 2.33. The Morgan fingerprint density at radius 1 is 1.46 bits per heavy atom. The van der Waals surface area contributed by atoms with Crippen molar-refractivity contribution in [2.75, 3.05) is 0 Å². The van der Waals surface area contributed by atoms with Gasteiger partial charge in [-0.15, -0.1) is 0 Å². The fourth-order valence-electron chi connectivity index (χ4n) is 2.43. The summed E-state index contributed by atoms with van der Waals surface area (Å²) in [4.78, 5) is 11.0. The van der Waals surface area contributed by atoms with Gasteiger partial charge in [0.25, 0.3) is 0 Å². The van der Waals surface area contributed by atoms with E-state index in [9.17, 15) is 4.79 Å². The third-order valence-corrected chi connectivity index (χ3v) is 3.28. The first kappa shape index (κ1) is 10.5. The first-order chi connectivity index (χ1) is 6.16. The lowest BCUT2D eigenvalue weighted by Crippen LogP contribution is -2.46. The Kier molecular flexibility index (Phi) is 3.72. The Hall–Kier alpha value is -0.570. The zero-order valence-corrected chi connectivity index (χ0v) is 8.33. The van der Waals surface area contributed by atoms with Crippen LogP contribution in [0.3, 0.4) is 0 Å². The van der Waals surface area contributed by atoms with Crippen molar-refractivity contribution in [3.8, 4) is 0 Å². The molecule has 0 aromatic rings. The van der Waals surface area contributed by atoms with Crippen molar-refractivity contribution < 1.29 is 4.79 Å². The summed E-state index contributed by atoms with van der Waals surface area (Å²) in [5.74, 6) is 0.595. The average molecular weight is 184 g/mol. The minimum Gasteiger partial charge on any atom is -0.368 e. The molecule has 3 atom stereocenters. The second-order valence-corrected chi connectivity index (χ2v) is 4.04. The highest BCUT2D eigenvalue weighted by molar-refractivity contribution is 5.79. The number of carbonyl (C=O) groups excluding carboxylic acids is 1. The molecule has 1 fully saturated rings. The fraction of sp³-hybridized carbons (Fsp3) is 0.900. The number of amides is 1. The second kappa shape index (κ2) is 4.61. The molecule has 1 aliphatic carbocycles. The standard InChI is InChI=1S/C10H20N2O/c1-2-7-5-3-4-6-8(7)9(11)10(12)13/h7-9H,2-6,11H2,1H3,(H2,12,13). The third kappa shape index (κ3) is 2.44. The van der Waals surface area contributed by atoms with Crippen LogP contribution in [0.15, 0.2) is 0 Å². The van der Waals surface area contributed by atoms with E-state index in [-0.39, 0.29) is 5.91 Å². The van der Waals surface area contributed by atoms with Gasteiger partial charge in [-0.05, 0) is 18.3 Å². The number of hydrogen-bond donors (Lipinski definition) is 2. The van der Waals surface area contributed by atoms with Gasteiger partial charge in [-0.3, -0.25) is 4.79 Å². The van der Waals surface area contributed by atoms with Gasteiger partial charge in [0.1, 0.15) is 0 Å². The average Bonchev–Trinajstić information content (AvgIpc) is 2.16. The maximum absolute atomic E-state index is 11.0. The van der Waals surface area contributed by atoms with Crippen LogP contribution in [-0.2, 0) is 4.79 Å². The first-order valence-electron chi connectivity index (χ1n) is 5.21. The minimum absolute atomic E-state index is 0.330. The maximum Gasteiger partial charge on any atom is 0.234 e.